The van der Waals surface area contributed by atoms with Gasteiger partial charge in [-0.3, -0.25) is 4.79 Å². The minimum Gasteiger partial charge on any atom is -0.493 e. The number of benzene rings is 2. The van der Waals surface area contributed by atoms with Crippen molar-refractivity contribution < 1.29 is 22.7 Å². The first kappa shape index (κ1) is 20.6. The van der Waals surface area contributed by atoms with Crippen molar-refractivity contribution in [2.75, 3.05) is 26.3 Å². The van der Waals surface area contributed by atoms with Crippen LogP contribution in [-0.4, -0.2) is 45.0 Å². The molecule has 0 saturated carbocycles. The smallest absolute Gasteiger partial charge is 0.310 e. The summed E-state index contributed by atoms with van der Waals surface area (Å²) in [5.74, 6) is -0.0584. The lowest BCUT2D eigenvalue weighted by Crippen LogP contribution is -2.42. The van der Waals surface area contributed by atoms with E-state index in [0.717, 1.165) is 11.8 Å². The van der Waals surface area contributed by atoms with Gasteiger partial charge < -0.3 is 9.47 Å². The number of rotatable bonds is 7. The Balaban J connectivity index is 1.95. The molecule has 0 spiro atoms. The highest BCUT2D eigenvalue weighted by molar-refractivity contribution is 7.89. The monoisotopic (exact) mass is 405 g/mol. The van der Waals surface area contributed by atoms with Crippen LogP contribution in [0.15, 0.2) is 41.3 Å². The molecule has 1 saturated heterocycles. The lowest BCUT2D eigenvalue weighted by atomic mass is 10.0. The second-order valence-corrected chi connectivity index (χ2v) is 8.82. The molecule has 0 unspecified atom stereocenters. The Hall–Kier alpha value is -2.12. The molecule has 1 aliphatic rings. The number of carbonyl (C=O) groups is 1. The number of nitrogens with zero attached hydrogens (tertiary/aromatic N) is 1. The van der Waals surface area contributed by atoms with E-state index >= 15 is 0 Å². The van der Waals surface area contributed by atoms with Crippen LogP contribution in [0.2, 0.25) is 0 Å². The van der Waals surface area contributed by atoms with Gasteiger partial charge in [0.15, 0.2) is 0 Å². The van der Waals surface area contributed by atoms with Gasteiger partial charge in [-0.1, -0.05) is 31.2 Å². The quantitative estimate of drug-likeness (QED) is 0.658. The van der Waals surface area contributed by atoms with Crippen molar-refractivity contribution in [2.24, 2.45) is 5.92 Å². The van der Waals surface area contributed by atoms with Crippen molar-refractivity contribution in [1.82, 2.24) is 4.31 Å². The Morgan fingerprint density at radius 2 is 1.89 bits per heavy atom. The summed E-state index contributed by atoms with van der Waals surface area (Å²) in [6, 6.07) is 10.7. The highest BCUT2D eigenvalue weighted by Crippen LogP contribution is 2.34. The number of ether oxygens (including phenoxy) is 2. The summed E-state index contributed by atoms with van der Waals surface area (Å²) in [5.41, 5.74) is 0. The van der Waals surface area contributed by atoms with Crippen LogP contribution in [0.5, 0.6) is 5.75 Å². The standard InChI is InChI=1S/C21H27NO5S/c1-3-14-27-19-11-12-20(18-10-6-5-9-17(18)19)28(24,25)22-13-7-8-16(15-22)21(23)26-4-2/h5-6,9-12,16H,3-4,7-8,13-15H2,1-2H3/t16-/m0/s1. The Morgan fingerprint density at radius 3 is 2.61 bits per heavy atom. The molecule has 0 aliphatic carbocycles. The average Bonchev–Trinajstić information content (AvgIpc) is 2.72. The molecule has 1 heterocycles. The molecule has 0 aromatic heterocycles. The van der Waals surface area contributed by atoms with Crippen LogP contribution >= 0.6 is 0 Å². The van der Waals surface area contributed by atoms with Gasteiger partial charge in [0.25, 0.3) is 0 Å². The van der Waals surface area contributed by atoms with Crippen molar-refractivity contribution in [3.63, 3.8) is 0 Å². The third-order valence-electron chi connectivity index (χ3n) is 4.93. The highest BCUT2D eigenvalue weighted by atomic mass is 32.2. The van der Waals surface area contributed by atoms with Gasteiger partial charge in [0, 0.05) is 23.9 Å². The molecule has 0 radical (unpaired) electrons. The second kappa shape index (κ2) is 8.92. The summed E-state index contributed by atoms with van der Waals surface area (Å²) in [6.45, 7) is 5.21. The fraction of sp³-hybridized carbons (Fsp3) is 0.476. The Labute approximate surface area is 166 Å². The zero-order valence-electron chi connectivity index (χ0n) is 16.4. The summed E-state index contributed by atoms with van der Waals surface area (Å²) in [6.07, 6.45) is 2.16. The van der Waals surface area contributed by atoms with Crippen molar-refractivity contribution >= 4 is 26.8 Å². The topological polar surface area (TPSA) is 72.9 Å². The number of fused-ring (bicyclic) bond motifs is 1. The molecule has 0 amide bonds. The molecule has 7 heteroatoms. The molecular formula is C21H27NO5S. The molecule has 0 N–H and O–H groups in total. The lowest BCUT2D eigenvalue weighted by Gasteiger charge is -2.31. The van der Waals surface area contributed by atoms with Crippen LogP contribution in [0.25, 0.3) is 10.8 Å². The Bertz CT molecular complexity index is 941. The number of sulfonamides is 1. The zero-order chi connectivity index (χ0) is 20.1. The second-order valence-electron chi connectivity index (χ2n) is 6.91. The van der Waals surface area contributed by atoms with Crippen LogP contribution < -0.4 is 4.74 Å². The minimum atomic E-state index is -3.74. The maximum atomic E-state index is 13.4. The SMILES string of the molecule is CCCOc1ccc(S(=O)(=O)N2CCC[C@H](C(=O)OCC)C2)c2ccccc12. The van der Waals surface area contributed by atoms with E-state index in [9.17, 15) is 13.2 Å². The maximum absolute atomic E-state index is 13.4. The Morgan fingerprint density at radius 1 is 1.14 bits per heavy atom. The van der Waals surface area contributed by atoms with Gasteiger partial charge in [-0.15, -0.1) is 0 Å². The molecule has 0 bridgehead atoms. The minimum absolute atomic E-state index is 0.156. The van der Waals surface area contributed by atoms with Gasteiger partial charge in [0.1, 0.15) is 5.75 Å². The number of hydrogen-bond acceptors (Lipinski definition) is 5. The first-order valence-corrected chi connectivity index (χ1v) is 11.2. The highest BCUT2D eigenvalue weighted by Gasteiger charge is 2.34. The number of hydrogen-bond donors (Lipinski definition) is 0. The summed E-state index contributed by atoms with van der Waals surface area (Å²) in [5, 5.41) is 1.41. The van der Waals surface area contributed by atoms with E-state index in [4.69, 9.17) is 9.47 Å². The first-order chi connectivity index (χ1) is 13.5. The molecule has 2 aromatic rings. The van der Waals surface area contributed by atoms with Crippen molar-refractivity contribution in [1.29, 1.82) is 0 Å². The van der Waals surface area contributed by atoms with E-state index < -0.39 is 15.9 Å². The molecule has 1 atom stereocenters. The summed E-state index contributed by atoms with van der Waals surface area (Å²) >= 11 is 0. The normalized spacial score (nSPS) is 18.1. The summed E-state index contributed by atoms with van der Waals surface area (Å²) in [7, 11) is -3.74. The molecule has 3 rings (SSSR count). The van der Waals surface area contributed by atoms with Crippen LogP contribution in [0.4, 0.5) is 0 Å². The van der Waals surface area contributed by atoms with Gasteiger partial charge in [-0.05, 0) is 38.3 Å². The van der Waals surface area contributed by atoms with Crippen molar-refractivity contribution in [3.05, 3.63) is 36.4 Å². The third kappa shape index (κ3) is 4.15. The van der Waals surface area contributed by atoms with Crippen molar-refractivity contribution in [2.45, 2.75) is 38.0 Å². The van der Waals surface area contributed by atoms with Crippen LogP contribution in [0, 0.1) is 5.92 Å². The number of piperidine rings is 1. The first-order valence-electron chi connectivity index (χ1n) is 9.80. The number of carbonyl (C=O) groups excluding carboxylic acids is 1. The molecule has 152 valence electrons. The van der Waals surface area contributed by atoms with Crippen LogP contribution in [-0.2, 0) is 19.6 Å². The average molecular weight is 406 g/mol. The van der Waals surface area contributed by atoms with E-state index in [1.165, 1.54) is 4.31 Å². The van der Waals surface area contributed by atoms with Crippen LogP contribution in [0.3, 0.4) is 0 Å². The van der Waals surface area contributed by atoms with Gasteiger partial charge in [-0.2, -0.15) is 4.31 Å². The molecular weight excluding hydrogens is 378 g/mol. The van der Waals surface area contributed by atoms with E-state index in [1.54, 1.807) is 25.1 Å². The fourth-order valence-corrected chi connectivity index (χ4v) is 5.28. The maximum Gasteiger partial charge on any atom is 0.310 e. The predicted octanol–water partition coefficient (Wildman–Crippen LogP) is 3.59. The van der Waals surface area contributed by atoms with Crippen LogP contribution in [0.1, 0.15) is 33.1 Å². The van der Waals surface area contributed by atoms with E-state index in [0.29, 0.717) is 43.7 Å². The predicted molar refractivity (Wildman–Crippen MR) is 108 cm³/mol. The fourth-order valence-electron chi connectivity index (χ4n) is 3.56. The van der Waals surface area contributed by atoms with E-state index in [-0.39, 0.29) is 17.4 Å². The van der Waals surface area contributed by atoms with Crippen molar-refractivity contribution in [3.8, 4) is 5.75 Å². The van der Waals surface area contributed by atoms with E-state index in [1.807, 2.05) is 25.1 Å². The zero-order valence-corrected chi connectivity index (χ0v) is 17.2. The molecule has 1 aliphatic heterocycles. The molecule has 1 fully saturated rings. The summed E-state index contributed by atoms with van der Waals surface area (Å²) < 4.78 is 39.1. The van der Waals surface area contributed by atoms with Gasteiger partial charge in [0.2, 0.25) is 10.0 Å². The summed E-state index contributed by atoms with van der Waals surface area (Å²) in [4.78, 5) is 12.4. The molecule has 6 nitrogen and oxygen atoms in total. The lowest BCUT2D eigenvalue weighted by molar-refractivity contribution is -0.149. The van der Waals surface area contributed by atoms with Gasteiger partial charge in [0.05, 0.1) is 24.0 Å². The molecule has 2 aromatic carbocycles. The van der Waals surface area contributed by atoms with Gasteiger partial charge in [-0.25, -0.2) is 8.42 Å². The third-order valence-corrected chi connectivity index (χ3v) is 6.85. The largest absolute Gasteiger partial charge is 0.493 e. The number of esters is 1. The Kier molecular flexibility index (Phi) is 6.57. The van der Waals surface area contributed by atoms with E-state index in [2.05, 4.69) is 0 Å². The van der Waals surface area contributed by atoms with Gasteiger partial charge >= 0.3 is 5.97 Å². The molecule has 28 heavy (non-hydrogen) atoms.